The van der Waals surface area contributed by atoms with Crippen molar-refractivity contribution in [3.8, 4) is 5.82 Å². The van der Waals surface area contributed by atoms with Gasteiger partial charge in [-0.3, -0.25) is 14.4 Å². The molecule has 0 atom stereocenters. The van der Waals surface area contributed by atoms with Crippen LogP contribution in [-0.4, -0.2) is 31.8 Å². The van der Waals surface area contributed by atoms with Crippen molar-refractivity contribution in [2.75, 3.05) is 10.6 Å². The summed E-state index contributed by atoms with van der Waals surface area (Å²) < 4.78 is 1.46. The van der Waals surface area contributed by atoms with Gasteiger partial charge in [0.2, 0.25) is 5.91 Å². The predicted molar refractivity (Wildman–Crippen MR) is 100 cm³/mol. The normalized spacial score (nSPS) is 10.5. The van der Waals surface area contributed by atoms with E-state index in [1.807, 2.05) is 6.92 Å². The standard InChI is InChI=1S/C18H18N6O3/c1-10-4-5-13(20-12(3)25)8-15(10)21-18(27)14-9-19-24(11(14)2)16-6-7-17(26)23-22-16/h4-9H,1-3H3,(H,20,25)(H,21,27)(H,23,26). The summed E-state index contributed by atoms with van der Waals surface area (Å²) in [6, 6.07) is 8.11. The Balaban J connectivity index is 1.86. The molecule has 2 amide bonds. The zero-order valence-electron chi connectivity index (χ0n) is 15.0. The first-order chi connectivity index (χ1) is 12.8. The minimum absolute atomic E-state index is 0.193. The van der Waals surface area contributed by atoms with E-state index in [1.54, 1.807) is 25.1 Å². The van der Waals surface area contributed by atoms with Gasteiger partial charge in [0.25, 0.3) is 11.5 Å². The van der Waals surface area contributed by atoms with Crippen molar-refractivity contribution in [3.05, 3.63) is 63.7 Å². The maximum absolute atomic E-state index is 12.7. The summed E-state index contributed by atoms with van der Waals surface area (Å²) in [5.41, 5.74) is 2.64. The van der Waals surface area contributed by atoms with Gasteiger partial charge in [0.1, 0.15) is 0 Å². The van der Waals surface area contributed by atoms with Gasteiger partial charge in [-0.15, -0.1) is 0 Å². The van der Waals surface area contributed by atoms with Crippen molar-refractivity contribution < 1.29 is 9.59 Å². The molecule has 0 unspecified atom stereocenters. The van der Waals surface area contributed by atoms with E-state index < -0.39 is 0 Å². The molecule has 2 aromatic heterocycles. The highest BCUT2D eigenvalue weighted by Crippen LogP contribution is 2.22. The van der Waals surface area contributed by atoms with Crippen molar-refractivity contribution in [1.82, 2.24) is 20.0 Å². The zero-order valence-corrected chi connectivity index (χ0v) is 15.0. The van der Waals surface area contributed by atoms with Crippen molar-refractivity contribution >= 4 is 23.2 Å². The number of carbonyl (C=O) groups is 2. The number of aryl methyl sites for hydroxylation is 1. The van der Waals surface area contributed by atoms with Crippen molar-refractivity contribution in [2.24, 2.45) is 0 Å². The molecule has 0 saturated heterocycles. The minimum Gasteiger partial charge on any atom is -0.326 e. The van der Waals surface area contributed by atoms with Crippen LogP contribution in [0.1, 0.15) is 28.5 Å². The number of anilines is 2. The van der Waals surface area contributed by atoms with Crippen LogP contribution in [0.4, 0.5) is 11.4 Å². The van der Waals surface area contributed by atoms with E-state index in [4.69, 9.17) is 0 Å². The van der Waals surface area contributed by atoms with Crippen LogP contribution in [0.25, 0.3) is 5.82 Å². The van der Waals surface area contributed by atoms with Crippen LogP contribution < -0.4 is 16.2 Å². The molecule has 0 fully saturated rings. The molecule has 9 nitrogen and oxygen atoms in total. The van der Waals surface area contributed by atoms with Gasteiger partial charge in [0.05, 0.1) is 17.5 Å². The SMILES string of the molecule is CC(=O)Nc1ccc(C)c(NC(=O)c2cnn(-c3ccc(=O)[nH]n3)c2C)c1. The molecule has 3 N–H and O–H groups in total. The smallest absolute Gasteiger partial charge is 0.264 e. The molecule has 0 aliphatic carbocycles. The lowest BCUT2D eigenvalue weighted by molar-refractivity contribution is -0.114. The van der Waals surface area contributed by atoms with Crippen LogP contribution in [0.2, 0.25) is 0 Å². The molecule has 0 bridgehead atoms. The number of hydrogen-bond donors (Lipinski definition) is 3. The lowest BCUT2D eigenvalue weighted by Crippen LogP contribution is -2.15. The van der Waals surface area contributed by atoms with E-state index in [1.165, 1.54) is 29.9 Å². The van der Waals surface area contributed by atoms with Gasteiger partial charge in [0, 0.05) is 24.4 Å². The van der Waals surface area contributed by atoms with Gasteiger partial charge in [-0.1, -0.05) is 6.07 Å². The topological polar surface area (TPSA) is 122 Å². The lowest BCUT2D eigenvalue weighted by atomic mass is 10.1. The fraction of sp³-hybridized carbons (Fsp3) is 0.167. The number of aromatic amines is 1. The van der Waals surface area contributed by atoms with E-state index >= 15 is 0 Å². The molecule has 0 saturated carbocycles. The summed E-state index contributed by atoms with van der Waals surface area (Å²) in [5.74, 6) is -0.136. The monoisotopic (exact) mass is 366 g/mol. The number of nitrogens with one attached hydrogen (secondary N) is 3. The molecule has 1 aromatic carbocycles. The molecular weight excluding hydrogens is 348 g/mol. The van der Waals surface area contributed by atoms with E-state index in [0.717, 1.165) is 5.56 Å². The molecule has 27 heavy (non-hydrogen) atoms. The Morgan fingerprint density at radius 2 is 1.89 bits per heavy atom. The summed E-state index contributed by atoms with van der Waals surface area (Å²) in [4.78, 5) is 35.1. The first-order valence-corrected chi connectivity index (χ1v) is 8.15. The molecule has 3 rings (SSSR count). The molecular formula is C18H18N6O3. The highest BCUT2D eigenvalue weighted by molar-refractivity contribution is 6.05. The van der Waals surface area contributed by atoms with Gasteiger partial charge in [-0.25, -0.2) is 9.78 Å². The van der Waals surface area contributed by atoms with Crippen LogP contribution in [-0.2, 0) is 4.79 Å². The Hall–Kier alpha value is -3.75. The van der Waals surface area contributed by atoms with Crippen LogP contribution in [0, 0.1) is 13.8 Å². The van der Waals surface area contributed by atoms with E-state index in [9.17, 15) is 14.4 Å². The molecule has 2 heterocycles. The predicted octanol–water partition coefficient (Wildman–Crippen LogP) is 1.78. The third-order valence-corrected chi connectivity index (χ3v) is 3.94. The molecule has 138 valence electrons. The molecule has 0 radical (unpaired) electrons. The highest BCUT2D eigenvalue weighted by atomic mass is 16.2. The average Bonchev–Trinajstić information content (AvgIpc) is 3.00. The summed E-state index contributed by atoms with van der Waals surface area (Å²) in [6.45, 7) is 5.00. The van der Waals surface area contributed by atoms with Gasteiger partial charge in [-0.05, 0) is 37.6 Å². The van der Waals surface area contributed by atoms with Crippen LogP contribution in [0.3, 0.4) is 0 Å². The number of nitrogens with zero attached hydrogens (tertiary/aromatic N) is 3. The fourth-order valence-corrected chi connectivity index (χ4v) is 2.55. The third-order valence-electron chi connectivity index (χ3n) is 3.94. The minimum atomic E-state index is -0.341. The summed E-state index contributed by atoms with van der Waals surface area (Å²) in [5, 5.41) is 15.9. The molecule has 3 aromatic rings. The second kappa shape index (κ2) is 7.24. The van der Waals surface area contributed by atoms with Gasteiger partial charge < -0.3 is 10.6 Å². The van der Waals surface area contributed by atoms with Crippen molar-refractivity contribution in [3.63, 3.8) is 0 Å². The number of hydrogen-bond acceptors (Lipinski definition) is 5. The molecule has 0 aliphatic heterocycles. The number of benzene rings is 1. The largest absolute Gasteiger partial charge is 0.326 e. The van der Waals surface area contributed by atoms with Crippen LogP contribution in [0.5, 0.6) is 0 Å². The molecule has 9 heteroatoms. The molecule has 0 spiro atoms. The Morgan fingerprint density at radius 1 is 1.11 bits per heavy atom. The lowest BCUT2D eigenvalue weighted by Gasteiger charge is -2.11. The number of aromatic nitrogens is 4. The number of amides is 2. The first-order valence-electron chi connectivity index (χ1n) is 8.15. The van der Waals surface area contributed by atoms with Crippen LogP contribution in [0.15, 0.2) is 41.3 Å². The third kappa shape index (κ3) is 3.92. The summed E-state index contributed by atoms with van der Waals surface area (Å²) >= 11 is 0. The number of carbonyl (C=O) groups excluding carboxylic acids is 2. The van der Waals surface area contributed by atoms with Gasteiger partial charge in [0.15, 0.2) is 5.82 Å². The Bertz CT molecular complexity index is 1060. The van der Waals surface area contributed by atoms with E-state index in [0.29, 0.717) is 28.5 Å². The first kappa shape index (κ1) is 18.1. The maximum atomic E-state index is 12.7. The Morgan fingerprint density at radius 3 is 2.56 bits per heavy atom. The van der Waals surface area contributed by atoms with Crippen molar-refractivity contribution in [1.29, 1.82) is 0 Å². The van der Waals surface area contributed by atoms with Gasteiger partial charge in [-0.2, -0.15) is 10.2 Å². The second-order valence-electron chi connectivity index (χ2n) is 6.00. The second-order valence-corrected chi connectivity index (χ2v) is 6.00. The molecule has 0 aliphatic rings. The quantitative estimate of drug-likeness (QED) is 0.650. The van der Waals surface area contributed by atoms with E-state index in [-0.39, 0.29) is 17.4 Å². The Labute approximate surface area is 154 Å². The maximum Gasteiger partial charge on any atom is 0.264 e. The van der Waals surface area contributed by atoms with E-state index in [2.05, 4.69) is 25.9 Å². The summed E-state index contributed by atoms with van der Waals surface area (Å²) in [7, 11) is 0. The Kier molecular flexibility index (Phi) is 4.84. The number of H-pyrrole nitrogens is 1. The fourth-order valence-electron chi connectivity index (χ4n) is 2.55. The highest BCUT2D eigenvalue weighted by Gasteiger charge is 2.17. The number of rotatable bonds is 4. The zero-order chi connectivity index (χ0) is 19.6. The van der Waals surface area contributed by atoms with Crippen LogP contribution >= 0.6 is 0 Å². The summed E-state index contributed by atoms with van der Waals surface area (Å²) in [6.07, 6.45) is 1.43. The average molecular weight is 366 g/mol. The van der Waals surface area contributed by atoms with Crippen molar-refractivity contribution in [2.45, 2.75) is 20.8 Å². The van der Waals surface area contributed by atoms with Gasteiger partial charge >= 0.3 is 0 Å².